The van der Waals surface area contributed by atoms with Crippen LogP contribution in [-0.2, 0) is 16.6 Å². The lowest BCUT2D eigenvalue weighted by Gasteiger charge is -2.31. The number of amides is 2. The van der Waals surface area contributed by atoms with Crippen LogP contribution in [0, 0.1) is 5.82 Å². The Labute approximate surface area is 232 Å². The predicted octanol–water partition coefficient (Wildman–Crippen LogP) is 3.97. The Hall–Kier alpha value is -3.53. The van der Waals surface area contributed by atoms with Gasteiger partial charge in [-0.1, -0.05) is 35.9 Å². The molecule has 3 aromatic rings. The fourth-order valence-corrected chi connectivity index (χ4v) is 5.20. The number of aryl methyl sites for hydroxylation is 1. The third kappa shape index (κ3) is 6.21. The molecule has 1 saturated heterocycles. The zero-order valence-corrected chi connectivity index (χ0v) is 22.6. The lowest BCUT2D eigenvalue weighted by molar-refractivity contribution is -0.133. The van der Waals surface area contributed by atoms with Crippen LogP contribution in [0.2, 0.25) is 5.02 Å². The minimum Gasteiger partial charge on any atom is -0.379 e. The Morgan fingerprint density at radius 1 is 1.08 bits per heavy atom. The molecular formula is C29H31ClFN5O3. The Bertz CT molecular complexity index is 1350. The highest BCUT2D eigenvalue weighted by Crippen LogP contribution is 2.33. The molecule has 2 aliphatic heterocycles. The van der Waals surface area contributed by atoms with Crippen molar-refractivity contribution in [2.45, 2.75) is 12.5 Å². The quantitative estimate of drug-likeness (QED) is 0.425. The molecule has 0 aliphatic carbocycles. The first kappa shape index (κ1) is 27.1. The summed E-state index contributed by atoms with van der Waals surface area (Å²) in [6, 6.07) is 16.4. The van der Waals surface area contributed by atoms with Crippen molar-refractivity contribution in [3.8, 4) is 0 Å². The average molecular weight is 552 g/mol. The van der Waals surface area contributed by atoms with Crippen LogP contribution in [-0.4, -0.2) is 82.8 Å². The zero-order valence-electron chi connectivity index (χ0n) is 21.8. The lowest BCUT2D eigenvalue weighted by atomic mass is 10.0. The number of rotatable bonds is 8. The first-order chi connectivity index (χ1) is 18.9. The van der Waals surface area contributed by atoms with Crippen molar-refractivity contribution in [1.82, 2.24) is 19.4 Å². The van der Waals surface area contributed by atoms with Gasteiger partial charge in [0.05, 0.1) is 41.2 Å². The molecule has 0 unspecified atom stereocenters. The van der Waals surface area contributed by atoms with E-state index in [1.165, 1.54) is 22.0 Å². The van der Waals surface area contributed by atoms with Crippen molar-refractivity contribution in [1.29, 1.82) is 0 Å². The van der Waals surface area contributed by atoms with Crippen molar-refractivity contribution in [2.24, 2.45) is 12.1 Å². The topological polar surface area (TPSA) is 70.4 Å². The van der Waals surface area contributed by atoms with Gasteiger partial charge in [0.2, 0.25) is 0 Å². The van der Waals surface area contributed by atoms with Gasteiger partial charge in [-0.25, -0.2) is 9.40 Å². The van der Waals surface area contributed by atoms with Crippen molar-refractivity contribution in [3.63, 3.8) is 0 Å². The maximum atomic E-state index is 13.9. The van der Waals surface area contributed by atoms with Crippen LogP contribution in [0.1, 0.15) is 34.1 Å². The van der Waals surface area contributed by atoms with E-state index in [0.29, 0.717) is 43.3 Å². The summed E-state index contributed by atoms with van der Waals surface area (Å²) in [6.45, 7) is 3.60. The van der Waals surface area contributed by atoms with Crippen molar-refractivity contribution < 1.29 is 18.7 Å². The normalized spacial score (nSPS) is 17.8. The molecule has 10 heteroatoms. The summed E-state index contributed by atoms with van der Waals surface area (Å²) in [4.78, 5) is 31.2. The van der Waals surface area contributed by atoms with Gasteiger partial charge in [-0.2, -0.15) is 5.10 Å². The molecule has 204 valence electrons. The number of morpholine rings is 1. The van der Waals surface area contributed by atoms with Gasteiger partial charge in [0.1, 0.15) is 12.4 Å². The van der Waals surface area contributed by atoms with Gasteiger partial charge in [-0.3, -0.25) is 14.5 Å². The molecule has 0 radical (unpaired) electrons. The zero-order chi connectivity index (χ0) is 27.4. The fraction of sp³-hybridized carbons (Fsp3) is 0.345. The molecule has 0 N–H and O–H groups in total. The molecule has 0 bridgehead atoms. The number of carbonyl (C=O) groups excluding carboxylic acids is 2. The summed E-state index contributed by atoms with van der Waals surface area (Å²) in [7, 11) is 1.92. The maximum Gasteiger partial charge on any atom is 0.262 e. The second kappa shape index (κ2) is 12.1. The summed E-state index contributed by atoms with van der Waals surface area (Å²) in [5, 5.41) is 6.49. The number of hydrogen-bond acceptors (Lipinski definition) is 5. The second-order valence-corrected chi connectivity index (χ2v) is 10.1. The largest absolute Gasteiger partial charge is 0.379 e. The van der Waals surface area contributed by atoms with Crippen molar-refractivity contribution in [3.05, 3.63) is 94.5 Å². The maximum absolute atomic E-state index is 13.9. The van der Waals surface area contributed by atoms with Crippen LogP contribution in [0.5, 0.6) is 0 Å². The van der Waals surface area contributed by atoms with Gasteiger partial charge in [-0.05, 0) is 42.0 Å². The molecule has 1 fully saturated rings. The van der Waals surface area contributed by atoms with Gasteiger partial charge in [0.25, 0.3) is 11.8 Å². The van der Waals surface area contributed by atoms with E-state index in [1.807, 2.05) is 29.9 Å². The van der Waals surface area contributed by atoms with Gasteiger partial charge < -0.3 is 14.2 Å². The molecule has 2 amide bonds. The minimum atomic E-state index is -0.417. The number of hydrazone groups is 1. The summed E-state index contributed by atoms with van der Waals surface area (Å²) >= 11 is 6.36. The smallest absolute Gasteiger partial charge is 0.262 e. The first-order valence-corrected chi connectivity index (χ1v) is 13.4. The van der Waals surface area contributed by atoms with E-state index < -0.39 is 6.04 Å². The van der Waals surface area contributed by atoms with E-state index in [9.17, 15) is 14.0 Å². The number of hydrogen-bond donors (Lipinski definition) is 0. The highest BCUT2D eigenvalue weighted by atomic mass is 35.5. The number of aromatic nitrogens is 1. The molecular weight excluding hydrogens is 521 g/mol. The molecule has 1 atom stereocenters. The second-order valence-electron chi connectivity index (χ2n) is 9.72. The number of benzene rings is 2. The fourth-order valence-electron chi connectivity index (χ4n) is 4.98. The molecule has 1 aromatic heterocycles. The van der Waals surface area contributed by atoms with E-state index in [1.54, 1.807) is 36.4 Å². The van der Waals surface area contributed by atoms with Crippen LogP contribution in [0.3, 0.4) is 0 Å². The molecule has 3 heterocycles. The summed E-state index contributed by atoms with van der Waals surface area (Å²) in [6.07, 6.45) is 2.40. The average Bonchev–Trinajstić information content (AvgIpc) is 3.58. The van der Waals surface area contributed by atoms with Gasteiger partial charge in [0.15, 0.2) is 0 Å². The highest BCUT2D eigenvalue weighted by molar-refractivity contribution is 6.33. The van der Waals surface area contributed by atoms with Crippen LogP contribution in [0.25, 0.3) is 0 Å². The van der Waals surface area contributed by atoms with Crippen molar-refractivity contribution >= 4 is 29.1 Å². The number of nitrogens with zero attached hydrogens (tertiary/aromatic N) is 5. The van der Waals surface area contributed by atoms with Crippen LogP contribution in [0.15, 0.2) is 72.0 Å². The number of halogens is 2. The third-order valence-corrected chi connectivity index (χ3v) is 7.50. The Kier molecular flexibility index (Phi) is 8.40. The summed E-state index contributed by atoms with van der Waals surface area (Å²) < 4.78 is 21.1. The molecule has 0 saturated carbocycles. The van der Waals surface area contributed by atoms with E-state index in [4.69, 9.17) is 21.4 Å². The summed E-state index contributed by atoms with van der Waals surface area (Å²) in [5.41, 5.74) is 2.77. The van der Waals surface area contributed by atoms with E-state index >= 15 is 0 Å². The van der Waals surface area contributed by atoms with E-state index in [2.05, 4.69) is 4.90 Å². The number of ether oxygens (including phenoxy) is 1. The van der Waals surface area contributed by atoms with Crippen LogP contribution >= 0.6 is 11.6 Å². The summed E-state index contributed by atoms with van der Waals surface area (Å²) in [5.74, 6) is -0.986. The predicted molar refractivity (Wildman–Crippen MR) is 147 cm³/mol. The van der Waals surface area contributed by atoms with E-state index in [-0.39, 0.29) is 24.2 Å². The first-order valence-electron chi connectivity index (χ1n) is 13.0. The van der Waals surface area contributed by atoms with Gasteiger partial charge >= 0.3 is 0 Å². The lowest BCUT2D eigenvalue weighted by Crippen LogP contribution is -2.46. The molecule has 39 heavy (non-hydrogen) atoms. The molecule has 5 rings (SSSR count). The SMILES string of the molecule is Cn1cccc1C1=NN(C(=O)CN(CCN2CCOCC2)C(=O)c2ccccc2Cl)[C@@H](c2ccc(F)cc2)C1. The van der Waals surface area contributed by atoms with Gasteiger partial charge in [-0.15, -0.1) is 0 Å². The highest BCUT2D eigenvalue weighted by Gasteiger charge is 2.35. The number of carbonyl (C=O) groups is 2. The van der Waals surface area contributed by atoms with E-state index in [0.717, 1.165) is 30.1 Å². The Balaban J connectivity index is 1.41. The van der Waals surface area contributed by atoms with Crippen LogP contribution in [0.4, 0.5) is 4.39 Å². The minimum absolute atomic E-state index is 0.171. The van der Waals surface area contributed by atoms with Gasteiger partial charge in [0, 0.05) is 45.8 Å². The molecule has 0 spiro atoms. The third-order valence-electron chi connectivity index (χ3n) is 7.17. The molecule has 2 aromatic carbocycles. The van der Waals surface area contributed by atoms with Crippen LogP contribution < -0.4 is 0 Å². The standard InChI is InChI=1S/C29H31ClFN5O3/c1-33-12-4-7-26(33)25-19-27(21-8-10-22(31)11-9-21)36(32-25)28(37)20-35(14-13-34-15-17-39-18-16-34)29(38)23-5-2-3-6-24(23)30/h2-12,27H,13-20H2,1H3/t27-/m1/s1. The molecule has 2 aliphatic rings. The Morgan fingerprint density at radius 2 is 1.82 bits per heavy atom. The Morgan fingerprint density at radius 3 is 2.51 bits per heavy atom. The monoisotopic (exact) mass is 551 g/mol. The molecule has 8 nitrogen and oxygen atoms in total. The van der Waals surface area contributed by atoms with Crippen molar-refractivity contribution in [2.75, 3.05) is 45.9 Å².